The fourth-order valence-electron chi connectivity index (χ4n) is 3.23. The van der Waals surface area contributed by atoms with Crippen LogP contribution in [0.2, 0.25) is 5.02 Å². The molecule has 1 atom stereocenters. The van der Waals surface area contributed by atoms with Gasteiger partial charge in [0.05, 0.1) is 11.9 Å². The number of benzene rings is 1. The van der Waals surface area contributed by atoms with Gasteiger partial charge in [0, 0.05) is 42.1 Å². The van der Waals surface area contributed by atoms with Crippen molar-refractivity contribution in [3.8, 4) is 11.3 Å². The van der Waals surface area contributed by atoms with E-state index in [1.807, 2.05) is 12.1 Å². The summed E-state index contributed by atoms with van der Waals surface area (Å²) in [6, 6.07) is 9.15. The third-order valence-electron chi connectivity index (χ3n) is 4.59. The normalized spacial score (nSPS) is 16.9. The standard InChI is InChI=1S/C19H19ClN6O/c20-14-5-3-13(4-6-14)16-10-17(25-24-16)19(27)23-15-2-1-9-26(12-15)18-11-21-7-8-22-18/h3-8,10-11,15H,1-2,9,12H2,(H,23,27)(H,24,25). The Bertz CT molecular complexity index is 911. The van der Waals surface area contributed by atoms with E-state index in [4.69, 9.17) is 11.6 Å². The van der Waals surface area contributed by atoms with Crippen LogP contribution in [0.25, 0.3) is 11.3 Å². The minimum Gasteiger partial charge on any atom is -0.353 e. The summed E-state index contributed by atoms with van der Waals surface area (Å²) >= 11 is 5.91. The molecule has 1 amide bonds. The predicted octanol–water partition coefficient (Wildman–Crippen LogP) is 2.92. The first kappa shape index (κ1) is 17.5. The number of H-pyrrole nitrogens is 1. The molecule has 0 spiro atoms. The van der Waals surface area contributed by atoms with Gasteiger partial charge in [-0.15, -0.1) is 0 Å². The van der Waals surface area contributed by atoms with Crippen LogP contribution in [-0.2, 0) is 0 Å². The van der Waals surface area contributed by atoms with Crippen LogP contribution in [0.1, 0.15) is 23.3 Å². The molecule has 7 nitrogen and oxygen atoms in total. The number of piperidine rings is 1. The van der Waals surface area contributed by atoms with Crippen molar-refractivity contribution in [2.24, 2.45) is 0 Å². The van der Waals surface area contributed by atoms with Crippen molar-refractivity contribution in [2.75, 3.05) is 18.0 Å². The van der Waals surface area contributed by atoms with Gasteiger partial charge in [0.2, 0.25) is 0 Å². The third-order valence-corrected chi connectivity index (χ3v) is 4.84. The van der Waals surface area contributed by atoms with Crippen LogP contribution in [0.5, 0.6) is 0 Å². The average Bonchev–Trinajstić information content (AvgIpc) is 3.20. The first-order chi connectivity index (χ1) is 13.2. The van der Waals surface area contributed by atoms with Gasteiger partial charge < -0.3 is 10.2 Å². The molecule has 138 valence electrons. The van der Waals surface area contributed by atoms with E-state index in [-0.39, 0.29) is 11.9 Å². The maximum absolute atomic E-state index is 12.6. The van der Waals surface area contributed by atoms with Gasteiger partial charge in [0.1, 0.15) is 11.5 Å². The van der Waals surface area contributed by atoms with E-state index in [0.717, 1.165) is 30.8 Å². The summed E-state index contributed by atoms with van der Waals surface area (Å²) < 4.78 is 0. The Morgan fingerprint density at radius 1 is 1.26 bits per heavy atom. The second kappa shape index (κ2) is 7.75. The van der Waals surface area contributed by atoms with Crippen LogP contribution in [0.4, 0.5) is 5.82 Å². The summed E-state index contributed by atoms with van der Waals surface area (Å²) in [5, 5.41) is 10.8. The predicted molar refractivity (Wildman–Crippen MR) is 104 cm³/mol. The average molecular weight is 383 g/mol. The first-order valence-electron chi connectivity index (χ1n) is 8.82. The Kier molecular flexibility index (Phi) is 5.02. The van der Waals surface area contributed by atoms with E-state index in [0.29, 0.717) is 23.0 Å². The van der Waals surface area contributed by atoms with E-state index in [2.05, 4.69) is 30.4 Å². The molecule has 1 unspecified atom stereocenters. The van der Waals surface area contributed by atoms with E-state index in [9.17, 15) is 4.79 Å². The first-order valence-corrected chi connectivity index (χ1v) is 9.20. The zero-order valence-electron chi connectivity index (χ0n) is 14.6. The number of carbonyl (C=O) groups is 1. The maximum Gasteiger partial charge on any atom is 0.269 e. The third kappa shape index (κ3) is 4.09. The highest BCUT2D eigenvalue weighted by molar-refractivity contribution is 6.30. The van der Waals surface area contributed by atoms with Crippen molar-refractivity contribution < 1.29 is 4.79 Å². The molecule has 2 N–H and O–H groups in total. The molecule has 3 heterocycles. The van der Waals surface area contributed by atoms with Crippen molar-refractivity contribution >= 4 is 23.3 Å². The molecule has 0 radical (unpaired) electrons. The minimum absolute atomic E-state index is 0.0514. The molecule has 8 heteroatoms. The van der Waals surface area contributed by atoms with Gasteiger partial charge in [-0.1, -0.05) is 23.7 Å². The van der Waals surface area contributed by atoms with Crippen LogP contribution < -0.4 is 10.2 Å². The Labute approximate surface area is 161 Å². The fraction of sp³-hybridized carbons (Fsp3) is 0.263. The summed E-state index contributed by atoms with van der Waals surface area (Å²) in [7, 11) is 0. The quantitative estimate of drug-likeness (QED) is 0.724. The minimum atomic E-state index is -0.159. The van der Waals surface area contributed by atoms with Gasteiger partial charge in [-0.3, -0.25) is 14.9 Å². The summed E-state index contributed by atoms with van der Waals surface area (Å²) in [5.41, 5.74) is 2.06. The van der Waals surface area contributed by atoms with E-state index in [1.165, 1.54) is 0 Å². The van der Waals surface area contributed by atoms with Crippen molar-refractivity contribution in [1.82, 2.24) is 25.5 Å². The molecule has 1 fully saturated rings. The number of rotatable bonds is 4. The van der Waals surface area contributed by atoms with Crippen molar-refractivity contribution in [3.05, 3.63) is 59.6 Å². The van der Waals surface area contributed by atoms with Gasteiger partial charge in [0.25, 0.3) is 5.91 Å². The largest absolute Gasteiger partial charge is 0.353 e. The van der Waals surface area contributed by atoms with Crippen molar-refractivity contribution in [1.29, 1.82) is 0 Å². The lowest BCUT2D eigenvalue weighted by Crippen LogP contribution is -2.48. The summed E-state index contributed by atoms with van der Waals surface area (Å²) in [5.74, 6) is 0.678. The Balaban J connectivity index is 1.41. The molecule has 0 aliphatic carbocycles. The number of hydrogen-bond donors (Lipinski definition) is 2. The van der Waals surface area contributed by atoms with Gasteiger partial charge >= 0.3 is 0 Å². The molecule has 3 aromatic rings. The molecule has 4 rings (SSSR count). The van der Waals surface area contributed by atoms with Gasteiger partial charge in [-0.2, -0.15) is 5.10 Å². The molecule has 2 aromatic heterocycles. The second-order valence-electron chi connectivity index (χ2n) is 6.50. The summed E-state index contributed by atoms with van der Waals surface area (Å²) in [6.07, 6.45) is 7.00. The highest BCUT2D eigenvalue weighted by Crippen LogP contribution is 2.21. The number of anilines is 1. The number of aromatic nitrogens is 4. The molecule has 0 saturated carbocycles. The molecule has 1 aliphatic heterocycles. The topological polar surface area (TPSA) is 86.8 Å². The van der Waals surface area contributed by atoms with Crippen LogP contribution in [0.3, 0.4) is 0 Å². The molecule has 1 saturated heterocycles. The van der Waals surface area contributed by atoms with E-state index >= 15 is 0 Å². The number of amides is 1. The second-order valence-corrected chi connectivity index (χ2v) is 6.93. The van der Waals surface area contributed by atoms with Crippen LogP contribution in [0, 0.1) is 0 Å². The fourth-order valence-corrected chi connectivity index (χ4v) is 3.35. The summed E-state index contributed by atoms with van der Waals surface area (Å²) in [6.45, 7) is 1.62. The lowest BCUT2D eigenvalue weighted by Gasteiger charge is -2.33. The lowest BCUT2D eigenvalue weighted by molar-refractivity contribution is 0.0928. The molecule has 1 aliphatic rings. The Morgan fingerprint density at radius 2 is 2.11 bits per heavy atom. The van der Waals surface area contributed by atoms with Crippen LogP contribution in [-0.4, -0.2) is 45.2 Å². The van der Waals surface area contributed by atoms with Crippen LogP contribution in [0.15, 0.2) is 48.9 Å². The Morgan fingerprint density at radius 3 is 2.89 bits per heavy atom. The summed E-state index contributed by atoms with van der Waals surface area (Å²) in [4.78, 5) is 23.2. The van der Waals surface area contributed by atoms with Gasteiger partial charge in [0.15, 0.2) is 0 Å². The number of nitrogens with one attached hydrogen (secondary N) is 2. The highest BCUT2D eigenvalue weighted by atomic mass is 35.5. The van der Waals surface area contributed by atoms with E-state index in [1.54, 1.807) is 36.8 Å². The molecular formula is C19H19ClN6O. The van der Waals surface area contributed by atoms with Crippen LogP contribution >= 0.6 is 11.6 Å². The smallest absolute Gasteiger partial charge is 0.269 e. The molecule has 1 aromatic carbocycles. The zero-order valence-corrected chi connectivity index (χ0v) is 15.4. The number of aromatic amines is 1. The number of halogens is 1. The zero-order chi connectivity index (χ0) is 18.6. The Hall–Kier alpha value is -2.93. The van der Waals surface area contributed by atoms with E-state index < -0.39 is 0 Å². The highest BCUT2D eigenvalue weighted by Gasteiger charge is 2.23. The number of nitrogens with zero attached hydrogens (tertiary/aromatic N) is 4. The molecule has 0 bridgehead atoms. The van der Waals surface area contributed by atoms with Gasteiger partial charge in [-0.05, 0) is 31.0 Å². The SMILES string of the molecule is O=C(NC1CCCN(c2cnccn2)C1)c1cc(-c2ccc(Cl)cc2)n[nH]1. The number of carbonyl (C=O) groups excluding carboxylic acids is 1. The molecular weight excluding hydrogens is 364 g/mol. The monoisotopic (exact) mass is 382 g/mol. The van der Waals surface area contributed by atoms with Crippen molar-refractivity contribution in [3.63, 3.8) is 0 Å². The maximum atomic E-state index is 12.6. The number of hydrogen-bond acceptors (Lipinski definition) is 5. The van der Waals surface area contributed by atoms with Crippen molar-refractivity contribution in [2.45, 2.75) is 18.9 Å². The molecule has 27 heavy (non-hydrogen) atoms. The van der Waals surface area contributed by atoms with Gasteiger partial charge in [-0.25, -0.2) is 4.98 Å². The lowest BCUT2D eigenvalue weighted by atomic mass is 10.1.